The molecule has 0 spiro atoms. The molecule has 2 heteroatoms. The quantitative estimate of drug-likeness (QED) is 0.660. The molecular weight excluding hydrogens is 150 g/mol. The van der Waals surface area contributed by atoms with E-state index >= 15 is 0 Å². The van der Waals surface area contributed by atoms with Crippen LogP contribution in [0.5, 0.6) is 0 Å². The number of nitrogens with one attached hydrogen (secondary N) is 1. The van der Waals surface area contributed by atoms with Gasteiger partial charge < -0.3 is 10.4 Å². The Morgan fingerprint density at radius 2 is 2.08 bits per heavy atom. The predicted octanol–water partition coefficient (Wildman–Crippen LogP) is 1.54. The molecule has 0 aromatic rings. The van der Waals surface area contributed by atoms with Crippen molar-refractivity contribution < 1.29 is 5.11 Å². The van der Waals surface area contributed by atoms with Crippen molar-refractivity contribution in [1.82, 2.24) is 5.32 Å². The van der Waals surface area contributed by atoms with Crippen LogP contribution in [0.25, 0.3) is 0 Å². The normalized spacial score (nSPS) is 26.8. The number of hydrogen-bond acceptors (Lipinski definition) is 2. The van der Waals surface area contributed by atoms with Crippen LogP contribution in [-0.2, 0) is 0 Å². The highest BCUT2D eigenvalue weighted by molar-refractivity contribution is 4.74. The smallest absolute Gasteiger partial charge is 0.0594 e. The molecule has 0 aromatic heterocycles. The summed E-state index contributed by atoms with van der Waals surface area (Å²) in [5.74, 6) is 0.722. The molecule has 1 fully saturated rings. The zero-order valence-corrected chi connectivity index (χ0v) is 8.27. The van der Waals surface area contributed by atoms with Gasteiger partial charge in [0.15, 0.2) is 0 Å². The van der Waals surface area contributed by atoms with Crippen molar-refractivity contribution in [2.45, 2.75) is 45.1 Å². The largest absolute Gasteiger partial charge is 0.390 e. The first-order chi connectivity index (χ1) is 5.58. The molecule has 12 heavy (non-hydrogen) atoms. The minimum absolute atomic E-state index is 0.477. The molecule has 0 aliphatic carbocycles. The lowest BCUT2D eigenvalue weighted by Crippen LogP contribution is -2.23. The van der Waals surface area contributed by atoms with Gasteiger partial charge in [-0.05, 0) is 58.5 Å². The molecule has 0 radical (unpaired) electrons. The van der Waals surface area contributed by atoms with E-state index in [9.17, 15) is 5.11 Å². The van der Waals surface area contributed by atoms with Crippen LogP contribution in [0, 0.1) is 5.92 Å². The van der Waals surface area contributed by atoms with Gasteiger partial charge in [0.25, 0.3) is 0 Å². The Bertz CT molecular complexity index is 120. The third-order valence-corrected chi connectivity index (χ3v) is 2.48. The zero-order chi connectivity index (χ0) is 9.03. The third kappa shape index (κ3) is 4.07. The maximum absolute atomic E-state index is 9.64. The summed E-state index contributed by atoms with van der Waals surface area (Å²) in [6.07, 6.45) is 4.72. The summed E-state index contributed by atoms with van der Waals surface area (Å²) in [4.78, 5) is 0. The summed E-state index contributed by atoms with van der Waals surface area (Å²) >= 11 is 0. The third-order valence-electron chi connectivity index (χ3n) is 2.48. The van der Waals surface area contributed by atoms with Crippen LogP contribution in [0.4, 0.5) is 0 Å². The van der Waals surface area contributed by atoms with Gasteiger partial charge in [0.2, 0.25) is 0 Å². The highest BCUT2D eigenvalue weighted by atomic mass is 16.3. The summed E-state index contributed by atoms with van der Waals surface area (Å²) < 4.78 is 0. The molecule has 1 rings (SSSR count). The summed E-state index contributed by atoms with van der Waals surface area (Å²) in [7, 11) is 0. The van der Waals surface area contributed by atoms with Gasteiger partial charge in [-0.1, -0.05) is 0 Å². The minimum Gasteiger partial charge on any atom is -0.390 e. The van der Waals surface area contributed by atoms with Crippen LogP contribution in [-0.4, -0.2) is 23.8 Å². The van der Waals surface area contributed by atoms with Crippen LogP contribution in [0.3, 0.4) is 0 Å². The minimum atomic E-state index is -0.477. The number of rotatable bonds is 2. The molecule has 72 valence electrons. The summed E-state index contributed by atoms with van der Waals surface area (Å²) in [5.41, 5.74) is -0.477. The van der Waals surface area contributed by atoms with Crippen molar-refractivity contribution >= 4 is 0 Å². The fourth-order valence-corrected chi connectivity index (χ4v) is 2.00. The Kier molecular flexibility index (Phi) is 3.53. The molecule has 0 saturated carbocycles. The van der Waals surface area contributed by atoms with Crippen molar-refractivity contribution in [2.75, 3.05) is 13.1 Å². The molecule has 1 saturated heterocycles. The predicted molar refractivity (Wildman–Crippen MR) is 51.1 cm³/mol. The maximum Gasteiger partial charge on any atom is 0.0594 e. The van der Waals surface area contributed by atoms with Crippen LogP contribution in [0.15, 0.2) is 0 Å². The Labute approximate surface area is 75.4 Å². The molecule has 1 aliphatic heterocycles. The lowest BCUT2D eigenvalue weighted by molar-refractivity contribution is 0.0504. The second-order valence-corrected chi connectivity index (χ2v) is 4.56. The maximum atomic E-state index is 9.64. The van der Waals surface area contributed by atoms with Crippen molar-refractivity contribution in [3.63, 3.8) is 0 Å². The van der Waals surface area contributed by atoms with Crippen molar-refractivity contribution in [3.8, 4) is 0 Å². The first kappa shape index (κ1) is 10.0. The molecule has 0 amide bonds. The van der Waals surface area contributed by atoms with E-state index < -0.39 is 5.60 Å². The molecule has 2 nitrogen and oxygen atoms in total. The van der Waals surface area contributed by atoms with Gasteiger partial charge >= 0.3 is 0 Å². The van der Waals surface area contributed by atoms with Gasteiger partial charge in [-0.3, -0.25) is 0 Å². The van der Waals surface area contributed by atoms with Gasteiger partial charge in [-0.2, -0.15) is 0 Å². The molecule has 1 heterocycles. The van der Waals surface area contributed by atoms with Crippen molar-refractivity contribution in [1.29, 1.82) is 0 Å². The van der Waals surface area contributed by atoms with E-state index in [0.29, 0.717) is 0 Å². The molecule has 0 bridgehead atoms. The average Bonchev–Trinajstić information content (AvgIpc) is 2.12. The SMILES string of the molecule is CC(C)(O)CC1CCCNCC1. The van der Waals surface area contributed by atoms with Crippen LogP contribution >= 0.6 is 0 Å². The zero-order valence-electron chi connectivity index (χ0n) is 8.27. The Morgan fingerprint density at radius 1 is 1.33 bits per heavy atom. The first-order valence-electron chi connectivity index (χ1n) is 5.01. The molecule has 0 aromatic carbocycles. The van der Waals surface area contributed by atoms with E-state index in [1.54, 1.807) is 0 Å². The Balaban J connectivity index is 2.30. The van der Waals surface area contributed by atoms with E-state index in [1.165, 1.54) is 19.3 Å². The van der Waals surface area contributed by atoms with Gasteiger partial charge in [-0.25, -0.2) is 0 Å². The topological polar surface area (TPSA) is 32.3 Å². The van der Waals surface area contributed by atoms with Gasteiger partial charge in [0.05, 0.1) is 5.60 Å². The lowest BCUT2D eigenvalue weighted by Gasteiger charge is -2.23. The number of hydrogen-bond donors (Lipinski definition) is 2. The van der Waals surface area contributed by atoms with Crippen LogP contribution < -0.4 is 5.32 Å². The fourth-order valence-electron chi connectivity index (χ4n) is 2.00. The summed E-state index contributed by atoms with van der Waals surface area (Å²) in [6.45, 7) is 6.10. The summed E-state index contributed by atoms with van der Waals surface area (Å²) in [5, 5.41) is 13.0. The van der Waals surface area contributed by atoms with E-state index in [-0.39, 0.29) is 0 Å². The molecule has 1 unspecified atom stereocenters. The monoisotopic (exact) mass is 171 g/mol. The highest BCUT2D eigenvalue weighted by Gasteiger charge is 2.20. The van der Waals surface area contributed by atoms with Crippen LogP contribution in [0.2, 0.25) is 0 Å². The standard InChI is InChI=1S/C10H21NO/c1-10(2,12)8-9-4-3-6-11-7-5-9/h9,11-12H,3-8H2,1-2H3. The average molecular weight is 171 g/mol. The molecule has 1 atom stereocenters. The first-order valence-corrected chi connectivity index (χ1v) is 5.01. The molecule has 1 aliphatic rings. The Morgan fingerprint density at radius 3 is 2.75 bits per heavy atom. The molecule has 2 N–H and O–H groups in total. The van der Waals surface area contributed by atoms with Crippen molar-refractivity contribution in [2.24, 2.45) is 5.92 Å². The van der Waals surface area contributed by atoms with E-state index in [2.05, 4.69) is 5.32 Å². The van der Waals surface area contributed by atoms with E-state index in [0.717, 1.165) is 25.4 Å². The van der Waals surface area contributed by atoms with Gasteiger partial charge in [-0.15, -0.1) is 0 Å². The highest BCUT2D eigenvalue weighted by Crippen LogP contribution is 2.23. The Hall–Kier alpha value is -0.0800. The number of aliphatic hydroxyl groups is 1. The second-order valence-electron chi connectivity index (χ2n) is 4.56. The lowest BCUT2D eigenvalue weighted by atomic mass is 9.88. The fraction of sp³-hybridized carbons (Fsp3) is 1.00. The molecular formula is C10H21NO. The van der Waals surface area contributed by atoms with Gasteiger partial charge in [0.1, 0.15) is 0 Å². The van der Waals surface area contributed by atoms with Crippen LogP contribution in [0.1, 0.15) is 39.5 Å². The second kappa shape index (κ2) is 4.24. The van der Waals surface area contributed by atoms with Gasteiger partial charge in [0, 0.05) is 0 Å². The van der Waals surface area contributed by atoms with E-state index in [1.807, 2.05) is 13.8 Å². The van der Waals surface area contributed by atoms with E-state index in [4.69, 9.17) is 0 Å². The summed E-state index contributed by atoms with van der Waals surface area (Å²) in [6, 6.07) is 0. The van der Waals surface area contributed by atoms with Crippen molar-refractivity contribution in [3.05, 3.63) is 0 Å².